The number of carbonyl (C=O) groups excluding carboxylic acids is 1. The molecule has 0 spiro atoms. The van der Waals surface area contributed by atoms with E-state index in [2.05, 4.69) is 11.9 Å². The molecule has 1 rings (SSSR count). The summed E-state index contributed by atoms with van der Waals surface area (Å²) in [5.74, 6) is 0.0926. The molecule has 100 valence electrons. The highest BCUT2D eigenvalue weighted by atomic mass is 16.2. The maximum absolute atomic E-state index is 10.1. The van der Waals surface area contributed by atoms with Gasteiger partial charge in [-0.05, 0) is 33.0 Å². The van der Waals surface area contributed by atoms with Gasteiger partial charge >= 0.3 is 0 Å². The van der Waals surface area contributed by atoms with Gasteiger partial charge in [-0.2, -0.15) is 0 Å². The van der Waals surface area contributed by atoms with Crippen molar-refractivity contribution < 1.29 is 4.79 Å². The predicted octanol–water partition coefficient (Wildman–Crippen LogP) is 2.86. The Morgan fingerprint density at radius 2 is 1.25 bits per heavy atom. The molecule has 0 bridgehead atoms. The summed E-state index contributed by atoms with van der Waals surface area (Å²) in [5, 5.41) is 0. The van der Waals surface area contributed by atoms with Gasteiger partial charge in [0, 0.05) is 21.0 Å². The first-order chi connectivity index (χ1) is 7.54. The van der Waals surface area contributed by atoms with E-state index in [9.17, 15) is 4.79 Å². The Labute approximate surface area is 103 Å². The van der Waals surface area contributed by atoms with Gasteiger partial charge in [0.15, 0.2) is 0 Å². The van der Waals surface area contributed by atoms with Crippen LogP contribution >= 0.6 is 0 Å². The molecule has 0 radical (unpaired) electrons. The quantitative estimate of drug-likeness (QED) is 0.641. The number of carbonyl (C=O) groups is 1. The van der Waals surface area contributed by atoms with Crippen molar-refractivity contribution in [1.82, 2.24) is 9.80 Å². The standard InChI is InChI=1S/C5H11N.C4H9NO.2C2H6/c1-6-4-2-3-5-6;1-4(6)5(2)3;2*1-2/h2-5H2,1H3;1-3H3;2*1-2H3. The number of rotatable bonds is 0. The van der Waals surface area contributed by atoms with E-state index in [0.717, 1.165) is 0 Å². The molecule has 0 aromatic rings. The first kappa shape index (κ1) is 20.8. The van der Waals surface area contributed by atoms with Crippen molar-refractivity contribution in [3.05, 3.63) is 0 Å². The molecule has 1 amide bonds. The van der Waals surface area contributed by atoms with Crippen LogP contribution in [0.25, 0.3) is 0 Å². The van der Waals surface area contributed by atoms with Crippen LogP contribution in [-0.2, 0) is 4.79 Å². The van der Waals surface area contributed by atoms with Gasteiger partial charge in [0.2, 0.25) is 5.91 Å². The summed E-state index contributed by atoms with van der Waals surface area (Å²) in [6.07, 6.45) is 2.83. The molecule has 1 aliphatic heterocycles. The van der Waals surface area contributed by atoms with E-state index in [0.29, 0.717) is 0 Å². The molecule has 1 heterocycles. The van der Waals surface area contributed by atoms with Gasteiger partial charge in [-0.15, -0.1) is 0 Å². The number of amides is 1. The fourth-order valence-electron chi connectivity index (χ4n) is 0.875. The van der Waals surface area contributed by atoms with E-state index in [4.69, 9.17) is 0 Å². The Morgan fingerprint density at radius 1 is 1.00 bits per heavy atom. The lowest BCUT2D eigenvalue weighted by molar-refractivity contribution is -0.126. The Kier molecular flexibility index (Phi) is 21.9. The summed E-state index contributed by atoms with van der Waals surface area (Å²) in [6, 6.07) is 0. The zero-order valence-corrected chi connectivity index (χ0v) is 12.6. The molecule has 1 fully saturated rings. The number of likely N-dealkylation sites (tertiary alicyclic amines) is 1. The van der Waals surface area contributed by atoms with Crippen molar-refractivity contribution in [1.29, 1.82) is 0 Å². The second kappa shape index (κ2) is 16.8. The summed E-state index contributed by atoms with van der Waals surface area (Å²) in [7, 11) is 5.62. The maximum Gasteiger partial charge on any atom is 0.218 e. The average molecular weight is 232 g/mol. The largest absolute Gasteiger partial charge is 0.349 e. The summed E-state index contributed by atoms with van der Waals surface area (Å²) in [6.45, 7) is 12.2. The third-order valence-corrected chi connectivity index (χ3v) is 1.96. The zero-order chi connectivity index (χ0) is 13.6. The lowest BCUT2D eigenvalue weighted by Crippen LogP contribution is -2.17. The van der Waals surface area contributed by atoms with Crippen molar-refractivity contribution in [2.45, 2.75) is 47.5 Å². The number of hydrogen-bond acceptors (Lipinski definition) is 2. The first-order valence-corrected chi connectivity index (χ1v) is 6.40. The zero-order valence-electron chi connectivity index (χ0n) is 12.6. The Balaban J connectivity index is -0.000000162. The molecule has 1 saturated heterocycles. The van der Waals surface area contributed by atoms with E-state index in [1.807, 2.05) is 27.7 Å². The molecule has 0 aliphatic carbocycles. The SMILES string of the molecule is CC.CC.CC(=O)N(C)C.CN1CCCC1. The fraction of sp³-hybridized carbons (Fsp3) is 0.923. The number of hydrogen-bond donors (Lipinski definition) is 0. The molecule has 16 heavy (non-hydrogen) atoms. The van der Waals surface area contributed by atoms with Crippen molar-refractivity contribution in [3.8, 4) is 0 Å². The molecular weight excluding hydrogens is 200 g/mol. The minimum absolute atomic E-state index is 0.0926. The summed E-state index contributed by atoms with van der Waals surface area (Å²) in [5.41, 5.74) is 0. The van der Waals surface area contributed by atoms with Crippen LogP contribution in [0.15, 0.2) is 0 Å². The van der Waals surface area contributed by atoms with E-state index in [1.54, 1.807) is 14.1 Å². The van der Waals surface area contributed by atoms with Crippen LogP contribution in [0, 0.1) is 0 Å². The monoisotopic (exact) mass is 232 g/mol. The van der Waals surface area contributed by atoms with Crippen LogP contribution in [0.1, 0.15) is 47.5 Å². The third kappa shape index (κ3) is 19.1. The normalized spacial score (nSPS) is 13.2. The van der Waals surface area contributed by atoms with Crippen LogP contribution in [0.2, 0.25) is 0 Å². The van der Waals surface area contributed by atoms with Crippen molar-refractivity contribution in [2.75, 3.05) is 34.2 Å². The van der Waals surface area contributed by atoms with Gasteiger partial charge in [-0.25, -0.2) is 0 Å². The smallest absolute Gasteiger partial charge is 0.218 e. The van der Waals surface area contributed by atoms with Gasteiger partial charge < -0.3 is 9.80 Å². The van der Waals surface area contributed by atoms with Gasteiger partial charge in [0.25, 0.3) is 0 Å². The fourth-order valence-corrected chi connectivity index (χ4v) is 0.875. The topological polar surface area (TPSA) is 23.6 Å². The van der Waals surface area contributed by atoms with Gasteiger partial charge in [-0.1, -0.05) is 27.7 Å². The Bertz CT molecular complexity index is 130. The average Bonchev–Trinajstić information content (AvgIpc) is 2.76. The maximum atomic E-state index is 10.1. The van der Waals surface area contributed by atoms with Crippen LogP contribution in [0.4, 0.5) is 0 Å². The van der Waals surface area contributed by atoms with Crippen LogP contribution in [-0.4, -0.2) is 49.9 Å². The molecule has 0 aromatic heterocycles. The van der Waals surface area contributed by atoms with Gasteiger partial charge in [0.05, 0.1) is 0 Å². The summed E-state index contributed by atoms with van der Waals surface area (Å²) >= 11 is 0. The highest BCUT2D eigenvalue weighted by Crippen LogP contribution is 2.02. The molecule has 3 heteroatoms. The Hall–Kier alpha value is -0.570. The molecule has 0 saturated carbocycles. The third-order valence-electron chi connectivity index (χ3n) is 1.96. The van der Waals surface area contributed by atoms with E-state index in [-0.39, 0.29) is 5.91 Å². The lowest BCUT2D eigenvalue weighted by atomic mass is 10.4. The van der Waals surface area contributed by atoms with Crippen LogP contribution in [0.5, 0.6) is 0 Å². The minimum Gasteiger partial charge on any atom is -0.349 e. The first-order valence-electron chi connectivity index (χ1n) is 6.40. The van der Waals surface area contributed by atoms with Crippen molar-refractivity contribution in [3.63, 3.8) is 0 Å². The number of nitrogens with zero attached hydrogens (tertiary/aromatic N) is 2. The highest BCUT2D eigenvalue weighted by Gasteiger charge is 2.03. The minimum atomic E-state index is 0.0926. The lowest BCUT2D eigenvalue weighted by Gasteiger charge is -2.02. The summed E-state index contributed by atoms with van der Waals surface area (Å²) in [4.78, 5) is 14.0. The molecule has 0 unspecified atom stereocenters. The van der Waals surface area contributed by atoms with E-state index < -0.39 is 0 Å². The van der Waals surface area contributed by atoms with Crippen molar-refractivity contribution >= 4 is 5.91 Å². The molecule has 1 aliphatic rings. The highest BCUT2D eigenvalue weighted by molar-refractivity contribution is 5.72. The van der Waals surface area contributed by atoms with E-state index >= 15 is 0 Å². The van der Waals surface area contributed by atoms with Gasteiger partial charge in [-0.3, -0.25) is 4.79 Å². The second-order valence-electron chi connectivity index (χ2n) is 3.42. The molecule has 0 atom stereocenters. The van der Waals surface area contributed by atoms with Crippen molar-refractivity contribution in [2.24, 2.45) is 0 Å². The molecule has 0 aromatic carbocycles. The molecular formula is C13H32N2O. The van der Waals surface area contributed by atoms with Crippen LogP contribution < -0.4 is 0 Å². The second-order valence-corrected chi connectivity index (χ2v) is 3.42. The van der Waals surface area contributed by atoms with Gasteiger partial charge in [0.1, 0.15) is 0 Å². The Morgan fingerprint density at radius 3 is 1.31 bits per heavy atom. The van der Waals surface area contributed by atoms with E-state index in [1.165, 1.54) is 37.8 Å². The molecule has 3 nitrogen and oxygen atoms in total. The summed E-state index contributed by atoms with van der Waals surface area (Å²) < 4.78 is 0. The predicted molar refractivity (Wildman–Crippen MR) is 73.8 cm³/mol. The van der Waals surface area contributed by atoms with Crippen LogP contribution in [0.3, 0.4) is 0 Å². The molecule has 0 N–H and O–H groups in total.